The number of hydrogen-bond acceptors (Lipinski definition) is 6. The third-order valence-electron chi connectivity index (χ3n) is 4.18. The van der Waals surface area contributed by atoms with Crippen molar-refractivity contribution in [1.29, 1.82) is 0 Å². The Labute approximate surface area is 150 Å². The van der Waals surface area contributed by atoms with Gasteiger partial charge >= 0.3 is 5.97 Å². The predicted octanol–water partition coefficient (Wildman–Crippen LogP) is 3.81. The van der Waals surface area contributed by atoms with Crippen LogP contribution in [0.15, 0.2) is 28.9 Å². The van der Waals surface area contributed by atoms with Crippen LogP contribution in [0.5, 0.6) is 0 Å². The number of rotatable bonds is 6. The van der Waals surface area contributed by atoms with Gasteiger partial charge in [0.1, 0.15) is 17.1 Å². The number of halogens is 1. The molecule has 0 saturated carbocycles. The van der Waals surface area contributed by atoms with E-state index < -0.39 is 11.8 Å². The molecular weight excluding hydrogens is 337 g/mol. The van der Waals surface area contributed by atoms with Crippen molar-refractivity contribution in [2.45, 2.75) is 27.2 Å². The summed E-state index contributed by atoms with van der Waals surface area (Å²) in [5, 5.41) is 7.71. The predicted molar refractivity (Wildman–Crippen MR) is 95.8 cm³/mol. The maximum absolute atomic E-state index is 13.8. The Morgan fingerprint density at radius 1 is 1.35 bits per heavy atom. The monoisotopic (exact) mass is 357 g/mol. The molecule has 0 bridgehead atoms. The van der Waals surface area contributed by atoms with Crippen LogP contribution in [0.2, 0.25) is 0 Å². The summed E-state index contributed by atoms with van der Waals surface area (Å²) in [6.45, 7) is 6.24. The summed E-state index contributed by atoms with van der Waals surface area (Å²) in [5.74, 6) is -0.124. The molecule has 3 rings (SSSR count). The molecule has 0 aliphatic heterocycles. The third-order valence-corrected chi connectivity index (χ3v) is 4.18. The molecule has 136 valence electrons. The highest BCUT2D eigenvalue weighted by Crippen LogP contribution is 2.27. The molecule has 1 N–H and O–H groups in total. The molecule has 6 nitrogen and oxygen atoms in total. The fourth-order valence-electron chi connectivity index (χ4n) is 2.89. The van der Waals surface area contributed by atoms with Crippen LogP contribution in [-0.4, -0.2) is 29.3 Å². The number of nitrogens with zero attached hydrogens (tertiary/aromatic N) is 2. The zero-order chi connectivity index (χ0) is 18.7. The topological polar surface area (TPSA) is 77.2 Å². The molecular formula is C19H20FN3O3. The highest BCUT2D eigenvalue weighted by molar-refractivity contribution is 6.04. The first-order valence-corrected chi connectivity index (χ1v) is 8.42. The molecule has 2 heterocycles. The van der Waals surface area contributed by atoms with Crippen LogP contribution in [0, 0.1) is 19.7 Å². The maximum Gasteiger partial charge on any atom is 0.341 e. The number of aromatic nitrogens is 2. The lowest BCUT2D eigenvalue weighted by atomic mass is 10.1. The van der Waals surface area contributed by atoms with E-state index in [1.54, 1.807) is 13.0 Å². The van der Waals surface area contributed by atoms with Crippen LogP contribution in [0.1, 0.15) is 34.3 Å². The number of ether oxygens (including phenoxy) is 1. The lowest BCUT2D eigenvalue weighted by Crippen LogP contribution is -2.13. The summed E-state index contributed by atoms with van der Waals surface area (Å²) in [5.41, 5.74) is 3.24. The standard InChI is InChI=1S/C19H20FN3O3/c1-4-25-19(24)16-10-22-17-6-5-13(20)9-15(17)18(16)21-8-7-14-11(2)23-26-12(14)3/h5-6,9-10H,4,7-8H2,1-3H3,(H,21,22). The van der Waals surface area contributed by atoms with Crippen molar-refractivity contribution >= 4 is 22.6 Å². The van der Waals surface area contributed by atoms with E-state index in [0.29, 0.717) is 29.6 Å². The Hall–Kier alpha value is -2.96. The second kappa shape index (κ2) is 7.51. The molecule has 0 aliphatic rings. The Bertz CT molecular complexity index is 933. The van der Waals surface area contributed by atoms with Gasteiger partial charge in [-0.3, -0.25) is 4.98 Å². The molecule has 0 fully saturated rings. The molecule has 0 amide bonds. The van der Waals surface area contributed by atoms with Crippen molar-refractivity contribution in [1.82, 2.24) is 10.1 Å². The number of carbonyl (C=O) groups is 1. The summed E-state index contributed by atoms with van der Waals surface area (Å²) in [4.78, 5) is 16.5. The van der Waals surface area contributed by atoms with E-state index in [0.717, 1.165) is 17.0 Å². The van der Waals surface area contributed by atoms with E-state index in [9.17, 15) is 9.18 Å². The molecule has 26 heavy (non-hydrogen) atoms. The first kappa shape index (κ1) is 17.8. The van der Waals surface area contributed by atoms with Gasteiger partial charge in [-0.25, -0.2) is 9.18 Å². The van der Waals surface area contributed by atoms with Crippen LogP contribution < -0.4 is 5.32 Å². The second-order valence-corrected chi connectivity index (χ2v) is 5.91. The van der Waals surface area contributed by atoms with Crippen LogP contribution in [0.4, 0.5) is 10.1 Å². The van der Waals surface area contributed by atoms with E-state index in [1.807, 2.05) is 13.8 Å². The van der Waals surface area contributed by atoms with Gasteiger partial charge < -0.3 is 14.6 Å². The Morgan fingerprint density at radius 2 is 2.15 bits per heavy atom. The summed E-state index contributed by atoms with van der Waals surface area (Å²) >= 11 is 0. The third kappa shape index (κ3) is 3.51. The van der Waals surface area contributed by atoms with Crippen molar-refractivity contribution in [3.63, 3.8) is 0 Å². The van der Waals surface area contributed by atoms with Gasteiger partial charge in [-0.05, 0) is 45.4 Å². The SMILES string of the molecule is CCOC(=O)c1cnc2ccc(F)cc2c1NCCc1c(C)noc1C. The number of esters is 1. The Balaban J connectivity index is 1.94. The minimum atomic E-state index is -0.494. The highest BCUT2D eigenvalue weighted by atomic mass is 19.1. The zero-order valence-corrected chi connectivity index (χ0v) is 14.9. The summed E-state index contributed by atoms with van der Waals surface area (Å²) in [6.07, 6.45) is 2.11. The second-order valence-electron chi connectivity index (χ2n) is 5.91. The summed E-state index contributed by atoms with van der Waals surface area (Å²) in [6, 6.07) is 4.29. The molecule has 0 aliphatic carbocycles. The van der Waals surface area contributed by atoms with E-state index in [4.69, 9.17) is 9.26 Å². The minimum absolute atomic E-state index is 0.249. The number of carbonyl (C=O) groups excluding carboxylic acids is 1. The van der Waals surface area contributed by atoms with Crippen LogP contribution >= 0.6 is 0 Å². The van der Waals surface area contributed by atoms with Crippen molar-refractivity contribution in [2.75, 3.05) is 18.5 Å². The minimum Gasteiger partial charge on any atom is -0.462 e. The first-order valence-electron chi connectivity index (χ1n) is 8.42. The van der Waals surface area contributed by atoms with E-state index in [2.05, 4.69) is 15.5 Å². The summed E-state index contributed by atoms with van der Waals surface area (Å²) in [7, 11) is 0. The fraction of sp³-hybridized carbons (Fsp3) is 0.316. The number of pyridine rings is 1. The maximum atomic E-state index is 13.8. The zero-order valence-electron chi connectivity index (χ0n) is 14.9. The first-order chi connectivity index (χ1) is 12.5. The lowest BCUT2D eigenvalue weighted by Gasteiger charge is -2.14. The lowest BCUT2D eigenvalue weighted by molar-refractivity contribution is 0.0527. The van der Waals surface area contributed by atoms with Crippen molar-refractivity contribution in [3.05, 3.63) is 52.8 Å². The number of benzene rings is 1. The molecule has 3 aromatic rings. The van der Waals surface area contributed by atoms with Crippen molar-refractivity contribution in [3.8, 4) is 0 Å². The molecule has 0 unspecified atom stereocenters. The van der Waals surface area contributed by atoms with Gasteiger partial charge in [0.05, 0.1) is 23.5 Å². The van der Waals surface area contributed by atoms with Crippen LogP contribution in [0.3, 0.4) is 0 Å². The molecule has 7 heteroatoms. The van der Waals surface area contributed by atoms with Crippen molar-refractivity contribution in [2.24, 2.45) is 0 Å². The average molecular weight is 357 g/mol. The van der Waals surface area contributed by atoms with Gasteiger partial charge in [0.25, 0.3) is 0 Å². The molecule has 0 spiro atoms. The quantitative estimate of drug-likeness (QED) is 0.676. The normalized spacial score (nSPS) is 10.9. The number of aryl methyl sites for hydroxylation is 2. The van der Waals surface area contributed by atoms with E-state index >= 15 is 0 Å². The van der Waals surface area contributed by atoms with Crippen molar-refractivity contribution < 1.29 is 18.4 Å². The molecule has 0 atom stereocenters. The van der Waals surface area contributed by atoms with Gasteiger partial charge in [-0.15, -0.1) is 0 Å². The molecule has 0 saturated heterocycles. The number of hydrogen-bond donors (Lipinski definition) is 1. The van der Waals surface area contributed by atoms with Gasteiger partial charge in [-0.2, -0.15) is 0 Å². The highest BCUT2D eigenvalue weighted by Gasteiger charge is 2.17. The van der Waals surface area contributed by atoms with E-state index in [-0.39, 0.29) is 12.2 Å². The number of nitrogens with one attached hydrogen (secondary N) is 1. The molecule has 1 aromatic carbocycles. The number of fused-ring (bicyclic) bond motifs is 1. The van der Waals surface area contributed by atoms with Gasteiger partial charge in [-0.1, -0.05) is 5.16 Å². The molecule has 2 aromatic heterocycles. The van der Waals surface area contributed by atoms with Crippen LogP contribution in [0.25, 0.3) is 10.9 Å². The van der Waals surface area contributed by atoms with Gasteiger partial charge in [0, 0.05) is 23.7 Å². The summed E-state index contributed by atoms with van der Waals surface area (Å²) < 4.78 is 24.0. The number of anilines is 1. The Kier molecular flexibility index (Phi) is 5.16. The fourth-order valence-corrected chi connectivity index (χ4v) is 2.89. The molecule has 0 radical (unpaired) electrons. The van der Waals surface area contributed by atoms with Gasteiger partial charge in [0.2, 0.25) is 0 Å². The van der Waals surface area contributed by atoms with Crippen LogP contribution in [-0.2, 0) is 11.2 Å². The smallest absolute Gasteiger partial charge is 0.341 e. The largest absolute Gasteiger partial charge is 0.462 e. The van der Waals surface area contributed by atoms with Gasteiger partial charge in [0.15, 0.2) is 0 Å². The average Bonchev–Trinajstić information content (AvgIpc) is 2.94. The Morgan fingerprint density at radius 3 is 2.85 bits per heavy atom. The van der Waals surface area contributed by atoms with E-state index in [1.165, 1.54) is 18.3 Å².